The van der Waals surface area contributed by atoms with Gasteiger partial charge in [-0.2, -0.15) is 0 Å². The second-order valence-electron chi connectivity index (χ2n) is 8.33. The zero-order chi connectivity index (χ0) is 22.6. The highest BCUT2D eigenvalue weighted by Gasteiger charge is 2.74. The molecule has 2 aliphatic carbocycles. The summed E-state index contributed by atoms with van der Waals surface area (Å²) in [6, 6.07) is 3.13. The maximum absolute atomic E-state index is 12.2. The van der Waals surface area contributed by atoms with E-state index in [2.05, 4.69) is 39.0 Å². The fourth-order valence-electron chi connectivity index (χ4n) is 4.83. The van der Waals surface area contributed by atoms with Crippen LogP contribution in [0.2, 0.25) is 4.34 Å². The van der Waals surface area contributed by atoms with Gasteiger partial charge in [-0.15, -0.1) is 11.3 Å². The van der Waals surface area contributed by atoms with Gasteiger partial charge in [-0.1, -0.05) is 18.5 Å². The number of halogens is 1. The van der Waals surface area contributed by atoms with E-state index in [1.54, 1.807) is 17.0 Å². The number of rotatable bonds is 5. The standard InChI is InChI=1S/C22H22ClN5O3S/c1-3-8-24-20-16-21(27-15(26-20)7-5-12-4-6-14(23)32-12)28(10-25-16)17-13-9-22(13,11(2)29)19(31)18(17)30/h4,6,10,13,17-19,30-31H,3,8-9H2,1-2H3,(H,24,26,27)/t13?,17-,18+,19?,22+/m1/s1. The van der Waals surface area contributed by atoms with Crippen LogP contribution in [-0.2, 0) is 4.79 Å². The number of aliphatic hydroxyl groups excluding tert-OH is 2. The number of aliphatic hydroxyl groups is 2. The largest absolute Gasteiger partial charge is 0.389 e. The van der Waals surface area contributed by atoms with Crippen molar-refractivity contribution >= 4 is 45.7 Å². The number of hydrogen-bond donors (Lipinski definition) is 3. The highest BCUT2D eigenvalue weighted by molar-refractivity contribution is 7.16. The predicted octanol–water partition coefficient (Wildman–Crippen LogP) is 2.63. The second-order valence-corrected chi connectivity index (χ2v) is 10.0. The van der Waals surface area contributed by atoms with Gasteiger partial charge in [0.15, 0.2) is 17.0 Å². The Morgan fingerprint density at radius 2 is 2.19 bits per heavy atom. The Kier molecular flexibility index (Phi) is 5.21. The molecule has 10 heteroatoms. The zero-order valence-electron chi connectivity index (χ0n) is 17.5. The van der Waals surface area contributed by atoms with E-state index >= 15 is 0 Å². The normalized spacial score (nSPS) is 28.3. The van der Waals surface area contributed by atoms with Crippen LogP contribution in [0.25, 0.3) is 11.2 Å². The molecule has 0 saturated heterocycles. The van der Waals surface area contributed by atoms with Gasteiger partial charge >= 0.3 is 0 Å². The van der Waals surface area contributed by atoms with E-state index in [9.17, 15) is 15.0 Å². The molecule has 8 nitrogen and oxygen atoms in total. The van der Waals surface area contributed by atoms with E-state index in [1.807, 2.05) is 6.07 Å². The molecule has 0 bridgehead atoms. The minimum Gasteiger partial charge on any atom is -0.389 e. The van der Waals surface area contributed by atoms with E-state index in [0.29, 0.717) is 40.1 Å². The van der Waals surface area contributed by atoms with Gasteiger partial charge in [0.2, 0.25) is 5.82 Å². The third kappa shape index (κ3) is 3.21. The van der Waals surface area contributed by atoms with Crippen LogP contribution in [0.15, 0.2) is 18.5 Å². The van der Waals surface area contributed by atoms with E-state index in [-0.39, 0.29) is 11.7 Å². The number of imidazole rings is 1. The van der Waals surface area contributed by atoms with Gasteiger partial charge in [0, 0.05) is 6.54 Å². The van der Waals surface area contributed by atoms with Crippen molar-refractivity contribution in [3.63, 3.8) is 0 Å². The number of Topliss-reactive ketones (excluding diaryl/α,β-unsaturated/α-hetero) is 1. The van der Waals surface area contributed by atoms with Gasteiger partial charge in [-0.3, -0.25) is 4.79 Å². The molecular formula is C22H22ClN5O3S. The van der Waals surface area contributed by atoms with Crippen LogP contribution in [0.5, 0.6) is 0 Å². The molecule has 2 aliphatic rings. The lowest BCUT2D eigenvalue weighted by atomic mass is 9.95. The Labute approximate surface area is 193 Å². The van der Waals surface area contributed by atoms with E-state index in [1.165, 1.54) is 18.3 Å². The molecular weight excluding hydrogens is 450 g/mol. The number of aromatic nitrogens is 4. The van der Waals surface area contributed by atoms with Crippen LogP contribution < -0.4 is 5.32 Å². The summed E-state index contributed by atoms with van der Waals surface area (Å²) in [6.45, 7) is 4.23. The zero-order valence-corrected chi connectivity index (χ0v) is 19.1. The number of nitrogens with one attached hydrogen (secondary N) is 1. The summed E-state index contributed by atoms with van der Waals surface area (Å²) in [5, 5.41) is 24.7. The van der Waals surface area contributed by atoms with Crippen LogP contribution in [0, 0.1) is 23.2 Å². The highest BCUT2D eigenvalue weighted by Crippen LogP contribution is 2.68. The van der Waals surface area contributed by atoms with Gasteiger partial charge in [0.1, 0.15) is 11.9 Å². The molecule has 0 spiro atoms. The lowest BCUT2D eigenvalue weighted by Crippen LogP contribution is -2.36. The first-order valence-electron chi connectivity index (χ1n) is 10.5. The van der Waals surface area contributed by atoms with Crippen molar-refractivity contribution in [2.24, 2.45) is 11.3 Å². The Balaban J connectivity index is 1.59. The number of nitrogens with zero attached hydrogens (tertiary/aromatic N) is 4. The highest BCUT2D eigenvalue weighted by atomic mass is 35.5. The lowest BCUT2D eigenvalue weighted by molar-refractivity contribution is -0.128. The van der Waals surface area contributed by atoms with Crippen molar-refractivity contribution in [1.82, 2.24) is 19.5 Å². The lowest BCUT2D eigenvalue weighted by Gasteiger charge is -2.23. The SMILES string of the molecule is CCCNc1nc(C#Cc2ccc(Cl)s2)nc2c1ncn2[C@@H]1C2C[C@@]2(C(C)=O)C(O)[C@H]1O. The molecule has 3 N–H and O–H groups in total. The van der Waals surface area contributed by atoms with Crippen LogP contribution in [0.4, 0.5) is 5.82 Å². The minimum atomic E-state index is -1.10. The van der Waals surface area contributed by atoms with Gasteiger partial charge in [0.05, 0.1) is 33.1 Å². The molecule has 5 atom stereocenters. The summed E-state index contributed by atoms with van der Waals surface area (Å²) in [5.74, 6) is 6.64. The number of thiophene rings is 1. The molecule has 0 radical (unpaired) electrons. The first kappa shape index (κ1) is 21.3. The van der Waals surface area contributed by atoms with E-state index in [0.717, 1.165) is 11.3 Å². The Hall–Kier alpha value is -2.51. The second kappa shape index (κ2) is 7.81. The molecule has 2 fully saturated rings. The van der Waals surface area contributed by atoms with E-state index < -0.39 is 23.7 Å². The molecule has 0 aliphatic heterocycles. The minimum absolute atomic E-state index is 0.0953. The summed E-state index contributed by atoms with van der Waals surface area (Å²) in [6.07, 6.45) is 0.858. The Morgan fingerprint density at radius 1 is 1.38 bits per heavy atom. The molecule has 2 unspecified atom stereocenters. The van der Waals surface area contributed by atoms with Gasteiger partial charge in [-0.05, 0) is 49.7 Å². The average molecular weight is 472 g/mol. The van der Waals surface area contributed by atoms with Crippen molar-refractivity contribution in [2.75, 3.05) is 11.9 Å². The van der Waals surface area contributed by atoms with Crippen LogP contribution in [-0.4, -0.2) is 54.3 Å². The number of anilines is 1. The number of fused-ring (bicyclic) bond motifs is 2. The number of ketones is 1. The van der Waals surface area contributed by atoms with Gasteiger partial charge in [0.25, 0.3) is 0 Å². The summed E-state index contributed by atoms with van der Waals surface area (Å²) >= 11 is 7.36. The molecule has 3 aromatic rings. The van der Waals surface area contributed by atoms with Crippen LogP contribution in [0.3, 0.4) is 0 Å². The molecule has 32 heavy (non-hydrogen) atoms. The average Bonchev–Trinajstić information content (AvgIpc) is 3.02. The van der Waals surface area contributed by atoms with Crippen LogP contribution >= 0.6 is 22.9 Å². The molecule has 5 rings (SSSR count). The molecule has 2 saturated carbocycles. The van der Waals surface area contributed by atoms with Gasteiger partial charge in [-0.25, -0.2) is 15.0 Å². The number of hydrogen-bond acceptors (Lipinski definition) is 8. The Bertz CT molecular complexity index is 1280. The summed E-state index contributed by atoms with van der Waals surface area (Å²) in [7, 11) is 0. The number of carbonyl (C=O) groups excluding carboxylic acids is 1. The quantitative estimate of drug-likeness (QED) is 0.490. The number of carbonyl (C=O) groups is 1. The van der Waals surface area contributed by atoms with Crippen molar-refractivity contribution in [3.05, 3.63) is 33.5 Å². The first-order chi connectivity index (χ1) is 15.4. The predicted molar refractivity (Wildman–Crippen MR) is 122 cm³/mol. The van der Waals surface area contributed by atoms with E-state index in [4.69, 9.17) is 11.6 Å². The first-order valence-corrected chi connectivity index (χ1v) is 11.7. The third-order valence-corrected chi connectivity index (χ3v) is 7.63. The fraction of sp³-hybridized carbons (Fsp3) is 0.455. The molecule has 0 aromatic carbocycles. The molecule has 3 heterocycles. The third-order valence-electron chi connectivity index (χ3n) is 6.48. The summed E-state index contributed by atoms with van der Waals surface area (Å²) < 4.78 is 2.42. The van der Waals surface area contributed by atoms with Crippen molar-refractivity contribution < 1.29 is 15.0 Å². The van der Waals surface area contributed by atoms with Crippen molar-refractivity contribution in [3.8, 4) is 11.8 Å². The summed E-state index contributed by atoms with van der Waals surface area (Å²) in [4.78, 5) is 26.7. The topological polar surface area (TPSA) is 113 Å². The van der Waals surface area contributed by atoms with Gasteiger partial charge < -0.3 is 20.1 Å². The van der Waals surface area contributed by atoms with Crippen molar-refractivity contribution in [1.29, 1.82) is 0 Å². The monoisotopic (exact) mass is 471 g/mol. The van der Waals surface area contributed by atoms with Crippen molar-refractivity contribution in [2.45, 2.75) is 44.9 Å². The fourth-order valence-corrected chi connectivity index (χ4v) is 5.72. The molecule has 166 valence electrons. The maximum atomic E-state index is 12.2. The van der Waals surface area contributed by atoms with Crippen LogP contribution in [0.1, 0.15) is 43.4 Å². The molecule has 3 aromatic heterocycles. The summed E-state index contributed by atoms with van der Waals surface area (Å²) in [5.41, 5.74) is 0.193. The molecule has 0 amide bonds. The maximum Gasteiger partial charge on any atom is 0.209 e. The smallest absolute Gasteiger partial charge is 0.209 e. The Morgan fingerprint density at radius 3 is 2.84 bits per heavy atom.